The Labute approximate surface area is 228 Å². The summed E-state index contributed by atoms with van der Waals surface area (Å²) in [5.74, 6) is -1.68. The number of carbonyl (C=O) groups is 3. The van der Waals surface area contributed by atoms with Gasteiger partial charge < -0.3 is 19.6 Å². The number of ether oxygens (including phenoxy) is 1. The van der Waals surface area contributed by atoms with Crippen molar-refractivity contribution in [3.05, 3.63) is 55.1 Å². The van der Waals surface area contributed by atoms with Crippen molar-refractivity contribution in [1.29, 1.82) is 0 Å². The lowest BCUT2D eigenvalue weighted by atomic mass is 9.66. The fourth-order valence-corrected chi connectivity index (χ4v) is 9.29. The number of amides is 2. The molecular weight excluding hydrogens is 500 g/mol. The van der Waals surface area contributed by atoms with Crippen LogP contribution in [0.5, 0.6) is 0 Å². The minimum atomic E-state index is -0.713. The molecule has 3 fully saturated rings. The van der Waals surface area contributed by atoms with E-state index in [1.165, 1.54) is 0 Å². The van der Waals surface area contributed by atoms with Gasteiger partial charge in [-0.25, -0.2) is 0 Å². The summed E-state index contributed by atoms with van der Waals surface area (Å²) >= 11 is 1.65. The van der Waals surface area contributed by atoms with Gasteiger partial charge in [0, 0.05) is 30.6 Å². The SMILES string of the molecule is C=CCN(C(=O)C1N(CCCCO)C(=O)[C@@H]2[C@@H](C(=O)OCC)[C@H]3CC(C)C12S3)c1ccc2ccccc2c1. The predicted octanol–water partition coefficient (Wildman–Crippen LogP) is 4.03. The normalized spacial score (nSPS) is 29.5. The Hall–Kier alpha value is -2.84. The number of hydrogen-bond acceptors (Lipinski definition) is 6. The summed E-state index contributed by atoms with van der Waals surface area (Å²) in [6.07, 6.45) is 3.59. The topological polar surface area (TPSA) is 87.2 Å². The summed E-state index contributed by atoms with van der Waals surface area (Å²) in [5.41, 5.74) is 0.753. The summed E-state index contributed by atoms with van der Waals surface area (Å²) in [6, 6.07) is 13.2. The van der Waals surface area contributed by atoms with Gasteiger partial charge in [0.15, 0.2) is 0 Å². The van der Waals surface area contributed by atoms with Crippen LogP contribution in [0.4, 0.5) is 5.69 Å². The maximum absolute atomic E-state index is 14.6. The summed E-state index contributed by atoms with van der Waals surface area (Å²) < 4.78 is 4.73. The third-order valence-electron chi connectivity index (χ3n) is 8.47. The lowest BCUT2D eigenvalue weighted by Crippen LogP contribution is -2.57. The Bertz CT molecular complexity index is 1250. The third-order valence-corrected chi connectivity index (χ3v) is 10.5. The lowest BCUT2D eigenvalue weighted by Gasteiger charge is -2.40. The molecule has 38 heavy (non-hydrogen) atoms. The molecule has 3 unspecified atom stereocenters. The van der Waals surface area contributed by atoms with Crippen molar-refractivity contribution >= 4 is 46.0 Å². The van der Waals surface area contributed by atoms with E-state index in [0.717, 1.165) is 22.9 Å². The number of aliphatic hydroxyl groups is 1. The first-order chi connectivity index (χ1) is 18.4. The van der Waals surface area contributed by atoms with Gasteiger partial charge in [0.25, 0.3) is 5.91 Å². The molecule has 0 saturated carbocycles. The van der Waals surface area contributed by atoms with E-state index in [0.29, 0.717) is 25.9 Å². The molecule has 1 N–H and O–H groups in total. The van der Waals surface area contributed by atoms with E-state index in [2.05, 4.69) is 13.5 Å². The number of aliphatic hydroxyl groups excluding tert-OH is 1. The molecule has 8 heteroatoms. The summed E-state index contributed by atoms with van der Waals surface area (Å²) in [6.45, 7) is 8.74. The van der Waals surface area contributed by atoms with Gasteiger partial charge in [0.1, 0.15) is 6.04 Å². The third kappa shape index (κ3) is 4.13. The fraction of sp³-hybridized carbons (Fsp3) is 0.500. The molecule has 2 amide bonds. The molecule has 1 spiro atoms. The number of hydrogen-bond donors (Lipinski definition) is 1. The van der Waals surface area contributed by atoms with Gasteiger partial charge in [-0.2, -0.15) is 0 Å². The van der Waals surface area contributed by atoms with Gasteiger partial charge >= 0.3 is 5.97 Å². The van der Waals surface area contributed by atoms with Crippen molar-refractivity contribution in [2.24, 2.45) is 17.8 Å². The van der Waals surface area contributed by atoms with E-state index >= 15 is 0 Å². The maximum Gasteiger partial charge on any atom is 0.310 e. The first-order valence-electron chi connectivity index (χ1n) is 13.6. The van der Waals surface area contributed by atoms with E-state index in [1.54, 1.807) is 34.6 Å². The quantitative estimate of drug-likeness (QED) is 0.280. The zero-order valence-corrected chi connectivity index (χ0v) is 22.9. The minimum absolute atomic E-state index is 0.0214. The van der Waals surface area contributed by atoms with E-state index < -0.39 is 22.6 Å². The first-order valence-corrected chi connectivity index (χ1v) is 14.4. The number of carbonyl (C=O) groups excluding carboxylic acids is 3. The number of fused-ring (bicyclic) bond motifs is 2. The second-order valence-corrected chi connectivity index (χ2v) is 12.1. The predicted molar refractivity (Wildman–Crippen MR) is 150 cm³/mol. The molecule has 3 aliphatic rings. The Morgan fingerprint density at radius 3 is 2.71 bits per heavy atom. The monoisotopic (exact) mass is 536 g/mol. The molecule has 7 nitrogen and oxygen atoms in total. The van der Waals surface area contributed by atoms with Gasteiger partial charge in [-0.05, 0) is 55.0 Å². The number of anilines is 1. The van der Waals surface area contributed by atoms with Crippen LogP contribution in [-0.4, -0.2) is 70.1 Å². The number of benzene rings is 2. The molecule has 6 atom stereocenters. The standard InChI is InChI=1S/C30H36N2O5S/c1-4-14-31(22-13-12-20-10-6-7-11-21(20)18-22)28(35)26-30-19(3)17-23(38-30)24(29(36)37-5-2)25(30)27(34)32(26)15-8-9-16-33/h4,6-7,10-13,18-19,23-26,33H,1,5,8-9,14-17H2,2-3H3/t19?,23-,24+,25+,26?,30?/m1/s1. The fourth-order valence-electron chi connectivity index (χ4n) is 6.88. The Morgan fingerprint density at radius 2 is 2.00 bits per heavy atom. The summed E-state index contributed by atoms with van der Waals surface area (Å²) in [4.78, 5) is 45.3. The van der Waals surface area contributed by atoms with Crippen molar-refractivity contribution < 1.29 is 24.2 Å². The van der Waals surface area contributed by atoms with E-state index in [1.807, 2.05) is 42.5 Å². The van der Waals surface area contributed by atoms with Crippen molar-refractivity contribution in [2.75, 3.05) is 31.2 Å². The lowest BCUT2D eigenvalue weighted by molar-refractivity contribution is -0.154. The number of unbranched alkanes of at least 4 members (excludes halogenated alkanes) is 1. The average molecular weight is 537 g/mol. The van der Waals surface area contributed by atoms with E-state index in [-0.39, 0.29) is 42.2 Å². The van der Waals surface area contributed by atoms with Gasteiger partial charge in [0.2, 0.25) is 5.91 Å². The zero-order chi connectivity index (χ0) is 27.0. The van der Waals surface area contributed by atoms with Gasteiger partial charge in [-0.15, -0.1) is 18.3 Å². The molecule has 3 saturated heterocycles. The van der Waals surface area contributed by atoms with Gasteiger partial charge in [-0.1, -0.05) is 43.3 Å². The molecule has 2 bridgehead atoms. The van der Waals surface area contributed by atoms with Crippen molar-refractivity contribution in [2.45, 2.75) is 49.1 Å². The Kier molecular flexibility index (Phi) is 7.56. The van der Waals surface area contributed by atoms with Crippen LogP contribution in [0, 0.1) is 17.8 Å². The van der Waals surface area contributed by atoms with E-state index in [9.17, 15) is 19.5 Å². The number of esters is 1. The Morgan fingerprint density at radius 1 is 1.24 bits per heavy atom. The highest BCUT2D eigenvalue weighted by atomic mass is 32.2. The molecule has 2 aromatic rings. The van der Waals surface area contributed by atoms with E-state index in [4.69, 9.17) is 4.74 Å². The molecule has 3 heterocycles. The largest absolute Gasteiger partial charge is 0.466 e. The zero-order valence-electron chi connectivity index (χ0n) is 22.0. The summed E-state index contributed by atoms with van der Waals surface area (Å²) in [7, 11) is 0. The molecule has 2 aromatic carbocycles. The number of thioether (sulfide) groups is 1. The smallest absolute Gasteiger partial charge is 0.310 e. The molecule has 0 aliphatic carbocycles. The van der Waals surface area contributed by atoms with Crippen molar-refractivity contribution in [1.82, 2.24) is 4.90 Å². The molecule has 3 aliphatic heterocycles. The average Bonchev–Trinajstić information content (AvgIpc) is 3.50. The first kappa shape index (κ1) is 26.8. The molecule has 0 aromatic heterocycles. The molecular formula is C30H36N2O5S. The van der Waals surface area contributed by atoms with Crippen molar-refractivity contribution in [3.8, 4) is 0 Å². The second kappa shape index (κ2) is 10.7. The van der Waals surface area contributed by atoms with Crippen LogP contribution in [0.2, 0.25) is 0 Å². The van der Waals surface area contributed by atoms with Crippen LogP contribution < -0.4 is 4.90 Å². The number of nitrogens with zero attached hydrogens (tertiary/aromatic N) is 2. The summed E-state index contributed by atoms with van der Waals surface area (Å²) in [5, 5.41) is 11.5. The number of rotatable bonds is 10. The van der Waals surface area contributed by atoms with Crippen LogP contribution in [0.3, 0.4) is 0 Å². The van der Waals surface area contributed by atoms with Crippen molar-refractivity contribution in [3.63, 3.8) is 0 Å². The highest BCUT2D eigenvalue weighted by molar-refractivity contribution is 8.02. The second-order valence-electron chi connectivity index (χ2n) is 10.5. The van der Waals surface area contributed by atoms with Crippen LogP contribution in [0.1, 0.15) is 33.1 Å². The van der Waals surface area contributed by atoms with Crippen LogP contribution in [0.15, 0.2) is 55.1 Å². The van der Waals surface area contributed by atoms with Crippen LogP contribution >= 0.6 is 11.8 Å². The van der Waals surface area contributed by atoms with Gasteiger partial charge in [-0.3, -0.25) is 14.4 Å². The van der Waals surface area contributed by atoms with Crippen LogP contribution in [-0.2, 0) is 19.1 Å². The highest BCUT2D eigenvalue weighted by Gasteiger charge is 2.76. The van der Waals surface area contributed by atoms with Crippen LogP contribution in [0.25, 0.3) is 10.8 Å². The molecule has 0 radical (unpaired) electrons. The highest BCUT2D eigenvalue weighted by Crippen LogP contribution is 2.68. The number of likely N-dealkylation sites (tertiary alicyclic amines) is 1. The Balaban J connectivity index is 1.58. The maximum atomic E-state index is 14.6. The van der Waals surface area contributed by atoms with Gasteiger partial charge in [0.05, 0.1) is 23.2 Å². The minimum Gasteiger partial charge on any atom is -0.466 e. The molecule has 202 valence electrons. The molecule has 5 rings (SSSR count).